The van der Waals surface area contributed by atoms with Crippen LogP contribution in [-0.4, -0.2) is 6.54 Å². The van der Waals surface area contributed by atoms with Crippen molar-refractivity contribution in [2.45, 2.75) is 51.0 Å². The lowest BCUT2D eigenvalue weighted by atomic mass is 9.79. The van der Waals surface area contributed by atoms with E-state index in [-0.39, 0.29) is 0 Å². The van der Waals surface area contributed by atoms with Gasteiger partial charge in [-0.15, -0.1) is 0 Å². The minimum atomic E-state index is 0.611. The van der Waals surface area contributed by atoms with Gasteiger partial charge < -0.3 is 5.32 Å². The van der Waals surface area contributed by atoms with Gasteiger partial charge >= 0.3 is 0 Å². The van der Waals surface area contributed by atoms with Crippen LogP contribution in [0.1, 0.15) is 62.1 Å². The number of hydrogen-bond donors (Lipinski definition) is 1. The van der Waals surface area contributed by atoms with Crippen LogP contribution < -0.4 is 5.32 Å². The fourth-order valence-electron chi connectivity index (χ4n) is 2.95. The van der Waals surface area contributed by atoms with Gasteiger partial charge in [0.25, 0.3) is 0 Å². The maximum Gasteiger partial charge on any atom is 0.0348 e. The Morgan fingerprint density at radius 2 is 2.06 bits per heavy atom. The molecule has 0 bridgehead atoms. The molecule has 1 unspecified atom stereocenters. The molecule has 2 aliphatic rings. The van der Waals surface area contributed by atoms with Gasteiger partial charge in [-0.05, 0) is 55.2 Å². The van der Waals surface area contributed by atoms with E-state index in [0.29, 0.717) is 6.04 Å². The average Bonchev–Trinajstić information content (AvgIpc) is 3.08. The molecule has 1 N–H and O–H groups in total. The highest BCUT2D eigenvalue weighted by Gasteiger charge is 2.32. The molecule has 0 amide bonds. The third-order valence-electron chi connectivity index (χ3n) is 4.36. The van der Waals surface area contributed by atoms with Gasteiger partial charge in [0.2, 0.25) is 0 Å². The number of rotatable bonds is 5. The Bertz CT molecular complexity index is 377. The Morgan fingerprint density at radius 1 is 1.24 bits per heavy atom. The molecule has 17 heavy (non-hydrogen) atoms. The third kappa shape index (κ3) is 2.40. The summed E-state index contributed by atoms with van der Waals surface area (Å²) in [6.07, 6.45) is 7.04. The van der Waals surface area contributed by atoms with Crippen LogP contribution >= 0.6 is 0 Å². The summed E-state index contributed by atoms with van der Waals surface area (Å²) in [5.74, 6) is 1.75. The summed E-state index contributed by atoms with van der Waals surface area (Å²) in [7, 11) is 0. The van der Waals surface area contributed by atoms with E-state index in [1.807, 2.05) is 0 Å². The van der Waals surface area contributed by atoms with Gasteiger partial charge in [-0.3, -0.25) is 0 Å². The van der Waals surface area contributed by atoms with Crippen LogP contribution in [0.4, 0.5) is 0 Å². The van der Waals surface area contributed by atoms with Crippen molar-refractivity contribution in [1.29, 1.82) is 0 Å². The summed E-state index contributed by atoms with van der Waals surface area (Å²) in [5, 5.41) is 3.66. The Labute approximate surface area is 105 Å². The Hall–Kier alpha value is -0.820. The fraction of sp³-hybridized carbons (Fsp3) is 0.625. The lowest BCUT2D eigenvalue weighted by molar-refractivity contribution is 0.418. The SMILES string of the molecule is CCNC(c1cccc(C2CCC2)c1)C1CC1. The molecule has 1 aromatic rings. The molecule has 0 spiro atoms. The van der Waals surface area contributed by atoms with Crippen molar-refractivity contribution in [2.24, 2.45) is 5.92 Å². The molecule has 3 rings (SSSR count). The zero-order valence-electron chi connectivity index (χ0n) is 10.8. The second-order valence-corrected chi connectivity index (χ2v) is 5.67. The zero-order valence-corrected chi connectivity index (χ0v) is 10.8. The lowest BCUT2D eigenvalue weighted by Crippen LogP contribution is -2.23. The molecule has 1 aromatic carbocycles. The summed E-state index contributed by atoms with van der Waals surface area (Å²) in [6, 6.07) is 9.97. The minimum absolute atomic E-state index is 0.611. The molecule has 0 aromatic heterocycles. The molecule has 0 radical (unpaired) electrons. The van der Waals surface area contributed by atoms with Crippen LogP contribution in [0.5, 0.6) is 0 Å². The van der Waals surface area contributed by atoms with Gasteiger partial charge in [-0.25, -0.2) is 0 Å². The molecular formula is C16H23N. The lowest BCUT2D eigenvalue weighted by Gasteiger charge is -2.27. The van der Waals surface area contributed by atoms with Crippen molar-refractivity contribution in [1.82, 2.24) is 5.32 Å². The van der Waals surface area contributed by atoms with Crippen LogP contribution in [0, 0.1) is 5.92 Å². The Morgan fingerprint density at radius 3 is 2.65 bits per heavy atom. The second-order valence-electron chi connectivity index (χ2n) is 5.67. The summed E-state index contributed by atoms with van der Waals surface area (Å²) in [4.78, 5) is 0. The molecule has 2 aliphatic carbocycles. The van der Waals surface area contributed by atoms with E-state index in [4.69, 9.17) is 0 Å². The van der Waals surface area contributed by atoms with E-state index < -0.39 is 0 Å². The van der Waals surface area contributed by atoms with E-state index in [1.54, 1.807) is 5.56 Å². The van der Waals surface area contributed by atoms with E-state index in [2.05, 4.69) is 36.5 Å². The Kier molecular flexibility index (Phi) is 3.19. The monoisotopic (exact) mass is 229 g/mol. The quantitative estimate of drug-likeness (QED) is 0.804. The molecule has 0 saturated heterocycles. The van der Waals surface area contributed by atoms with Crippen LogP contribution in [0.2, 0.25) is 0 Å². The smallest absolute Gasteiger partial charge is 0.0348 e. The molecule has 0 heterocycles. The summed E-state index contributed by atoms with van der Waals surface area (Å²) in [6.45, 7) is 3.29. The van der Waals surface area contributed by atoms with Crippen molar-refractivity contribution in [3.05, 3.63) is 35.4 Å². The normalized spacial score (nSPS) is 22.2. The van der Waals surface area contributed by atoms with Gasteiger partial charge in [0.15, 0.2) is 0 Å². The van der Waals surface area contributed by atoms with E-state index in [0.717, 1.165) is 18.4 Å². The van der Waals surface area contributed by atoms with Crippen molar-refractivity contribution in [2.75, 3.05) is 6.54 Å². The molecule has 1 heteroatoms. The highest BCUT2D eigenvalue weighted by atomic mass is 14.9. The molecular weight excluding hydrogens is 206 g/mol. The predicted molar refractivity (Wildman–Crippen MR) is 72.2 cm³/mol. The molecule has 2 saturated carbocycles. The maximum atomic E-state index is 3.66. The topological polar surface area (TPSA) is 12.0 Å². The molecule has 92 valence electrons. The van der Waals surface area contributed by atoms with Crippen molar-refractivity contribution in [3.8, 4) is 0 Å². The highest BCUT2D eigenvalue weighted by molar-refractivity contribution is 5.30. The standard InChI is InChI=1S/C16H23N/c1-2-17-16(13-9-10-13)15-8-4-7-14(11-15)12-5-3-6-12/h4,7-8,11-13,16-17H,2-3,5-6,9-10H2,1H3. The van der Waals surface area contributed by atoms with Crippen LogP contribution in [-0.2, 0) is 0 Å². The summed E-state index contributed by atoms with van der Waals surface area (Å²) < 4.78 is 0. The number of hydrogen-bond acceptors (Lipinski definition) is 1. The largest absolute Gasteiger partial charge is 0.310 e. The first kappa shape index (κ1) is 11.3. The number of benzene rings is 1. The zero-order chi connectivity index (χ0) is 11.7. The van der Waals surface area contributed by atoms with Gasteiger partial charge in [0.1, 0.15) is 0 Å². The van der Waals surface area contributed by atoms with Crippen LogP contribution in [0.25, 0.3) is 0 Å². The molecule has 2 fully saturated rings. The van der Waals surface area contributed by atoms with Crippen LogP contribution in [0.3, 0.4) is 0 Å². The average molecular weight is 229 g/mol. The third-order valence-corrected chi connectivity index (χ3v) is 4.36. The maximum absolute atomic E-state index is 3.66. The highest BCUT2D eigenvalue weighted by Crippen LogP contribution is 2.42. The molecule has 0 aliphatic heterocycles. The van der Waals surface area contributed by atoms with E-state index in [1.165, 1.54) is 37.7 Å². The minimum Gasteiger partial charge on any atom is -0.310 e. The number of nitrogens with one attached hydrogen (secondary N) is 1. The van der Waals surface area contributed by atoms with Gasteiger partial charge in [0.05, 0.1) is 0 Å². The van der Waals surface area contributed by atoms with E-state index >= 15 is 0 Å². The Balaban J connectivity index is 1.79. The first-order chi connectivity index (χ1) is 8.38. The summed E-state index contributed by atoms with van der Waals surface area (Å²) >= 11 is 0. The predicted octanol–water partition coefficient (Wildman–Crippen LogP) is 4.01. The van der Waals surface area contributed by atoms with Crippen LogP contribution in [0.15, 0.2) is 24.3 Å². The second kappa shape index (κ2) is 4.81. The van der Waals surface area contributed by atoms with Gasteiger partial charge in [-0.1, -0.05) is 37.6 Å². The van der Waals surface area contributed by atoms with Crippen molar-refractivity contribution in [3.63, 3.8) is 0 Å². The van der Waals surface area contributed by atoms with Crippen molar-refractivity contribution < 1.29 is 0 Å². The first-order valence-corrected chi connectivity index (χ1v) is 7.21. The molecule has 1 atom stereocenters. The summed E-state index contributed by atoms with van der Waals surface area (Å²) in [5.41, 5.74) is 3.11. The fourth-order valence-corrected chi connectivity index (χ4v) is 2.95. The van der Waals surface area contributed by atoms with Gasteiger partial charge in [-0.2, -0.15) is 0 Å². The van der Waals surface area contributed by atoms with Crippen molar-refractivity contribution >= 4 is 0 Å². The first-order valence-electron chi connectivity index (χ1n) is 7.21. The molecule has 1 nitrogen and oxygen atoms in total. The van der Waals surface area contributed by atoms with E-state index in [9.17, 15) is 0 Å². The van der Waals surface area contributed by atoms with Gasteiger partial charge in [0, 0.05) is 6.04 Å².